The van der Waals surface area contributed by atoms with Gasteiger partial charge in [0.15, 0.2) is 0 Å². The normalized spacial score (nSPS) is 10.6. The maximum atomic E-state index is 11.0. The molecule has 134 valence electrons. The minimum Gasteiger partial charge on any atom is -0.465 e. The van der Waals surface area contributed by atoms with Crippen molar-refractivity contribution < 1.29 is 9.90 Å². The zero-order valence-electron chi connectivity index (χ0n) is 14.7. The molecule has 0 aliphatic carbocycles. The molecular weight excluding hydrogens is 350 g/mol. The van der Waals surface area contributed by atoms with Crippen LogP contribution in [-0.2, 0) is 6.42 Å². The summed E-state index contributed by atoms with van der Waals surface area (Å²) < 4.78 is 0. The summed E-state index contributed by atoms with van der Waals surface area (Å²) in [4.78, 5) is 26.6. The number of aromatic nitrogens is 3. The molecule has 1 amide bonds. The van der Waals surface area contributed by atoms with Crippen molar-refractivity contribution in [2.24, 2.45) is 0 Å². The number of carbonyl (C=O) groups is 1. The Morgan fingerprint density at radius 1 is 1.23 bits per heavy atom. The van der Waals surface area contributed by atoms with E-state index in [1.165, 1.54) is 7.05 Å². The van der Waals surface area contributed by atoms with E-state index in [1.807, 2.05) is 13.0 Å². The van der Waals surface area contributed by atoms with Crippen molar-refractivity contribution in [1.29, 1.82) is 0 Å². The SMILES string of the molecule is CCc1nc(C)c(-c2ccnc(Nc3ccc(N(C)C(=O)O)cc3)n2)s1. The van der Waals surface area contributed by atoms with Crippen molar-refractivity contribution in [3.63, 3.8) is 0 Å². The summed E-state index contributed by atoms with van der Waals surface area (Å²) in [6.45, 7) is 4.07. The van der Waals surface area contributed by atoms with Gasteiger partial charge in [-0.05, 0) is 43.7 Å². The molecule has 3 rings (SSSR count). The first-order valence-electron chi connectivity index (χ1n) is 8.11. The van der Waals surface area contributed by atoms with Gasteiger partial charge in [0.25, 0.3) is 0 Å². The summed E-state index contributed by atoms with van der Waals surface area (Å²) in [5.74, 6) is 0.479. The Hall–Kier alpha value is -3.00. The number of benzene rings is 1. The molecule has 0 fully saturated rings. The average molecular weight is 369 g/mol. The quantitative estimate of drug-likeness (QED) is 0.695. The Kier molecular flexibility index (Phi) is 5.13. The van der Waals surface area contributed by atoms with E-state index in [4.69, 9.17) is 5.11 Å². The highest BCUT2D eigenvalue weighted by Crippen LogP contribution is 2.29. The number of thiazole rings is 1. The second-order valence-corrected chi connectivity index (χ2v) is 6.74. The van der Waals surface area contributed by atoms with Crippen molar-refractivity contribution in [2.45, 2.75) is 20.3 Å². The maximum Gasteiger partial charge on any atom is 0.411 e. The first-order chi connectivity index (χ1) is 12.5. The van der Waals surface area contributed by atoms with Crippen LogP contribution in [0.2, 0.25) is 0 Å². The summed E-state index contributed by atoms with van der Waals surface area (Å²) in [7, 11) is 1.50. The third-order valence-electron chi connectivity index (χ3n) is 3.83. The van der Waals surface area contributed by atoms with Crippen molar-refractivity contribution in [3.05, 3.63) is 47.2 Å². The number of nitrogens with zero attached hydrogens (tertiary/aromatic N) is 4. The minimum absolute atomic E-state index is 0.479. The molecule has 2 aromatic heterocycles. The van der Waals surface area contributed by atoms with Crippen LogP contribution in [0.25, 0.3) is 10.6 Å². The summed E-state index contributed by atoms with van der Waals surface area (Å²) >= 11 is 1.65. The molecule has 0 bridgehead atoms. The monoisotopic (exact) mass is 369 g/mol. The Balaban J connectivity index is 1.80. The van der Waals surface area contributed by atoms with Gasteiger partial charge in [-0.15, -0.1) is 11.3 Å². The predicted molar refractivity (Wildman–Crippen MR) is 103 cm³/mol. The third kappa shape index (κ3) is 3.80. The molecule has 0 atom stereocenters. The molecule has 1 aromatic carbocycles. The van der Waals surface area contributed by atoms with Gasteiger partial charge in [-0.2, -0.15) is 0 Å². The number of rotatable bonds is 5. The molecule has 0 aliphatic heterocycles. The molecule has 0 aliphatic rings. The van der Waals surface area contributed by atoms with Gasteiger partial charge in [-0.1, -0.05) is 6.92 Å². The number of hydrogen-bond donors (Lipinski definition) is 2. The molecule has 8 heteroatoms. The summed E-state index contributed by atoms with van der Waals surface area (Å²) in [6, 6.07) is 8.90. The van der Waals surface area contributed by atoms with Gasteiger partial charge in [-0.3, -0.25) is 4.90 Å². The molecule has 7 nitrogen and oxygen atoms in total. The van der Waals surface area contributed by atoms with Crippen molar-refractivity contribution >= 4 is 34.8 Å². The largest absolute Gasteiger partial charge is 0.465 e. The highest BCUT2D eigenvalue weighted by molar-refractivity contribution is 7.15. The van der Waals surface area contributed by atoms with Crippen LogP contribution in [0, 0.1) is 6.92 Å². The van der Waals surface area contributed by atoms with E-state index in [0.717, 1.165) is 38.3 Å². The zero-order valence-corrected chi connectivity index (χ0v) is 15.5. The topological polar surface area (TPSA) is 91.2 Å². The number of aryl methyl sites for hydroxylation is 2. The van der Waals surface area contributed by atoms with E-state index in [2.05, 4.69) is 27.2 Å². The molecule has 2 heterocycles. The third-order valence-corrected chi connectivity index (χ3v) is 5.15. The van der Waals surface area contributed by atoms with Gasteiger partial charge >= 0.3 is 6.09 Å². The number of amides is 1. The van der Waals surface area contributed by atoms with Crippen LogP contribution in [0.1, 0.15) is 17.6 Å². The molecule has 26 heavy (non-hydrogen) atoms. The lowest BCUT2D eigenvalue weighted by Gasteiger charge is -2.13. The van der Waals surface area contributed by atoms with Crippen molar-refractivity contribution in [3.8, 4) is 10.6 Å². The average Bonchev–Trinajstić information content (AvgIpc) is 3.03. The second-order valence-electron chi connectivity index (χ2n) is 5.65. The van der Waals surface area contributed by atoms with Gasteiger partial charge < -0.3 is 10.4 Å². The number of anilines is 3. The summed E-state index contributed by atoms with van der Waals surface area (Å²) in [6.07, 6.45) is 1.61. The van der Waals surface area contributed by atoms with E-state index in [-0.39, 0.29) is 0 Å². The lowest BCUT2D eigenvalue weighted by molar-refractivity contribution is 0.203. The number of nitrogens with one attached hydrogen (secondary N) is 1. The second kappa shape index (κ2) is 7.49. The van der Waals surface area contributed by atoms with E-state index < -0.39 is 6.09 Å². The van der Waals surface area contributed by atoms with E-state index >= 15 is 0 Å². The van der Waals surface area contributed by atoms with Gasteiger partial charge in [-0.25, -0.2) is 19.7 Å². The smallest absolute Gasteiger partial charge is 0.411 e. The highest BCUT2D eigenvalue weighted by Gasteiger charge is 2.12. The molecule has 3 aromatic rings. The minimum atomic E-state index is -1.01. The van der Waals surface area contributed by atoms with Gasteiger partial charge in [0.1, 0.15) is 0 Å². The Morgan fingerprint density at radius 3 is 2.58 bits per heavy atom. The first-order valence-corrected chi connectivity index (χ1v) is 8.93. The maximum absolute atomic E-state index is 11.0. The van der Waals surface area contributed by atoms with E-state index in [9.17, 15) is 4.79 Å². The van der Waals surface area contributed by atoms with Crippen LogP contribution in [-0.4, -0.2) is 33.2 Å². The molecule has 0 radical (unpaired) electrons. The Morgan fingerprint density at radius 2 is 1.96 bits per heavy atom. The molecular formula is C18H19N5O2S. The van der Waals surface area contributed by atoms with Crippen molar-refractivity contribution in [2.75, 3.05) is 17.3 Å². The highest BCUT2D eigenvalue weighted by atomic mass is 32.1. The van der Waals surface area contributed by atoms with Crippen LogP contribution >= 0.6 is 11.3 Å². The molecule has 0 unspecified atom stereocenters. The van der Waals surface area contributed by atoms with Crippen molar-refractivity contribution in [1.82, 2.24) is 15.0 Å². The number of carboxylic acid groups (broad SMARTS) is 1. The van der Waals surface area contributed by atoms with Crippen LogP contribution in [0.4, 0.5) is 22.1 Å². The Bertz CT molecular complexity index is 924. The fourth-order valence-corrected chi connectivity index (χ4v) is 3.37. The zero-order chi connectivity index (χ0) is 18.7. The standard InChI is InChI=1S/C18H19N5O2S/c1-4-15-20-11(2)16(26-15)14-9-10-19-17(22-14)21-12-5-7-13(8-6-12)23(3)18(24)25/h5-10H,4H2,1-3H3,(H,24,25)(H,19,21,22). The van der Waals surface area contributed by atoms with Gasteiger partial charge in [0.2, 0.25) is 5.95 Å². The lowest BCUT2D eigenvalue weighted by Crippen LogP contribution is -2.23. The lowest BCUT2D eigenvalue weighted by atomic mass is 10.2. The fraction of sp³-hybridized carbons (Fsp3) is 0.222. The molecule has 0 spiro atoms. The van der Waals surface area contributed by atoms with Crippen LogP contribution in [0.3, 0.4) is 0 Å². The molecule has 2 N–H and O–H groups in total. The molecule has 0 saturated heterocycles. The summed E-state index contributed by atoms with van der Waals surface area (Å²) in [5.41, 5.74) is 3.17. The van der Waals surface area contributed by atoms with Crippen LogP contribution < -0.4 is 10.2 Å². The van der Waals surface area contributed by atoms with Gasteiger partial charge in [0, 0.05) is 24.6 Å². The predicted octanol–water partition coefficient (Wildman–Crippen LogP) is 4.33. The van der Waals surface area contributed by atoms with E-state index in [1.54, 1.807) is 41.8 Å². The van der Waals surface area contributed by atoms with E-state index in [0.29, 0.717) is 11.6 Å². The van der Waals surface area contributed by atoms with Gasteiger partial charge in [0.05, 0.1) is 21.3 Å². The molecule has 0 saturated carbocycles. The van der Waals surface area contributed by atoms with Crippen LogP contribution in [0.15, 0.2) is 36.5 Å². The number of hydrogen-bond acceptors (Lipinski definition) is 6. The Labute approximate surface area is 155 Å². The first kappa shape index (κ1) is 17.8. The van der Waals surface area contributed by atoms with Crippen LogP contribution in [0.5, 0.6) is 0 Å². The summed E-state index contributed by atoms with van der Waals surface area (Å²) in [5, 5.41) is 13.2. The fourth-order valence-electron chi connectivity index (χ4n) is 2.39.